The van der Waals surface area contributed by atoms with Gasteiger partial charge in [0.15, 0.2) is 0 Å². The first-order valence-electron chi connectivity index (χ1n) is 6.85. The van der Waals surface area contributed by atoms with E-state index in [1.54, 1.807) is 6.07 Å². The summed E-state index contributed by atoms with van der Waals surface area (Å²) in [6.07, 6.45) is 1.18. The van der Waals surface area contributed by atoms with Crippen molar-refractivity contribution >= 4 is 11.7 Å². The van der Waals surface area contributed by atoms with Gasteiger partial charge in [-0.3, -0.25) is 4.79 Å². The molecule has 0 spiro atoms. The number of anilines is 1. The molecule has 0 aliphatic heterocycles. The Hall–Kier alpha value is -1.58. The van der Waals surface area contributed by atoms with E-state index in [-0.39, 0.29) is 11.8 Å². The highest BCUT2D eigenvalue weighted by Gasteiger charge is 2.45. The topological polar surface area (TPSA) is 68.0 Å². The van der Waals surface area contributed by atoms with Crippen molar-refractivity contribution in [3.05, 3.63) is 23.4 Å². The molecule has 4 nitrogen and oxygen atoms in total. The zero-order valence-electron chi connectivity index (χ0n) is 12.2. The highest BCUT2D eigenvalue weighted by Crippen LogP contribution is 2.50. The highest BCUT2D eigenvalue weighted by molar-refractivity contribution is 5.94. The molecule has 1 saturated carbocycles. The Bertz CT molecular complexity index is 494. The van der Waals surface area contributed by atoms with Gasteiger partial charge in [0.2, 0.25) is 0 Å². The van der Waals surface area contributed by atoms with Crippen LogP contribution in [0, 0.1) is 11.3 Å². The second kappa shape index (κ2) is 4.83. The number of rotatable bonds is 4. The number of hydrogen-bond donors (Lipinski definition) is 2. The van der Waals surface area contributed by atoms with Crippen LogP contribution in [0.2, 0.25) is 0 Å². The van der Waals surface area contributed by atoms with Crippen molar-refractivity contribution < 1.29 is 4.79 Å². The minimum Gasteiger partial charge on any atom is -0.384 e. The summed E-state index contributed by atoms with van der Waals surface area (Å²) in [5.74, 6) is 1.21. The predicted molar refractivity (Wildman–Crippen MR) is 77.0 cm³/mol. The van der Waals surface area contributed by atoms with Gasteiger partial charge in [-0.25, -0.2) is 4.98 Å². The standard InChI is InChI=1S/C15H23N3O/c1-9(2)12-5-10(6-13(16)18-12)14(19)17-8-11-7-15(11,3)4/h5-6,9,11H,7-8H2,1-4H3,(H2,16,18)(H,17,19). The molecule has 1 aromatic heterocycles. The van der Waals surface area contributed by atoms with Crippen LogP contribution in [-0.4, -0.2) is 17.4 Å². The van der Waals surface area contributed by atoms with Gasteiger partial charge in [-0.15, -0.1) is 0 Å². The number of nitrogens with two attached hydrogens (primary N) is 1. The molecule has 3 N–H and O–H groups in total. The molecule has 0 bridgehead atoms. The summed E-state index contributed by atoms with van der Waals surface area (Å²) >= 11 is 0. The first kappa shape index (κ1) is 13.8. The average Bonchev–Trinajstić information content (AvgIpc) is 2.93. The predicted octanol–water partition coefficient (Wildman–Crippen LogP) is 2.56. The van der Waals surface area contributed by atoms with Gasteiger partial charge in [0, 0.05) is 17.8 Å². The van der Waals surface area contributed by atoms with Gasteiger partial charge >= 0.3 is 0 Å². The van der Waals surface area contributed by atoms with Gasteiger partial charge in [-0.1, -0.05) is 27.7 Å². The first-order valence-corrected chi connectivity index (χ1v) is 6.85. The molecular weight excluding hydrogens is 238 g/mol. The number of carbonyl (C=O) groups excluding carboxylic acids is 1. The second-order valence-electron chi connectivity index (χ2n) is 6.46. The smallest absolute Gasteiger partial charge is 0.251 e. The zero-order chi connectivity index (χ0) is 14.2. The van der Waals surface area contributed by atoms with Gasteiger partial charge < -0.3 is 11.1 Å². The number of hydrogen-bond acceptors (Lipinski definition) is 3. The molecule has 4 heteroatoms. The van der Waals surface area contributed by atoms with Crippen molar-refractivity contribution in [1.82, 2.24) is 10.3 Å². The van der Waals surface area contributed by atoms with Crippen LogP contribution in [0.25, 0.3) is 0 Å². The number of aromatic nitrogens is 1. The van der Waals surface area contributed by atoms with E-state index in [4.69, 9.17) is 5.73 Å². The quantitative estimate of drug-likeness (QED) is 0.875. The lowest BCUT2D eigenvalue weighted by molar-refractivity contribution is 0.0950. The van der Waals surface area contributed by atoms with Crippen molar-refractivity contribution in [3.8, 4) is 0 Å². The largest absolute Gasteiger partial charge is 0.384 e. The Morgan fingerprint density at radius 2 is 2.16 bits per heavy atom. The van der Waals surface area contributed by atoms with Crippen LogP contribution in [0.4, 0.5) is 5.82 Å². The maximum absolute atomic E-state index is 12.1. The number of nitrogens with zero attached hydrogens (tertiary/aromatic N) is 1. The third-order valence-corrected chi connectivity index (χ3v) is 3.95. The molecule has 0 aromatic carbocycles. The lowest BCUT2D eigenvalue weighted by Gasteiger charge is -2.10. The molecule has 0 radical (unpaired) electrons. The summed E-state index contributed by atoms with van der Waals surface area (Å²) < 4.78 is 0. The second-order valence-corrected chi connectivity index (χ2v) is 6.46. The van der Waals surface area contributed by atoms with Gasteiger partial charge in [0.1, 0.15) is 5.82 Å². The number of nitrogen functional groups attached to an aromatic ring is 1. The summed E-state index contributed by atoms with van der Waals surface area (Å²) in [7, 11) is 0. The summed E-state index contributed by atoms with van der Waals surface area (Å²) in [6.45, 7) is 9.27. The van der Waals surface area contributed by atoms with E-state index >= 15 is 0 Å². The maximum atomic E-state index is 12.1. The van der Waals surface area contributed by atoms with Gasteiger partial charge in [0.05, 0.1) is 0 Å². The van der Waals surface area contributed by atoms with Crippen LogP contribution in [0.1, 0.15) is 56.1 Å². The Morgan fingerprint density at radius 3 is 2.68 bits per heavy atom. The van der Waals surface area contributed by atoms with E-state index < -0.39 is 0 Å². The monoisotopic (exact) mass is 261 g/mol. The molecular formula is C15H23N3O. The highest BCUT2D eigenvalue weighted by atomic mass is 16.1. The Kier molecular flexibility index (Phi) is 3.52. The van der Waals surface area contributed by atoms with Crippen LogP contribution in [0.3, 0.4) is 0 Å². The first-order chi connectivity index (χ1) is 8.79. The fourth-order valence-corrected chi connectivity index (χ4v) is 2.24. The van der Waals surface area contributed by atoms with Crippen molar-refractivity contribution in [1.29, 1.82) is 0 Å². The normalized spacial score (nSPS) is 20.4. The SMILES string of the molecule is CC(C)c1cc(C(=O)NCC2CC2(C)C)cc(N)n1. The molecule has 2 rings (SSSR count). The zero-order valence-corrected chi connectivity index (χ0v) is 12.2. The molecule has 1 heterocycles. The van der Waals surface area contributed by atoms with Crippen molar-refractivity contribution in [2.24, 2.45) is 11.3 Å². The molecule has 1 aromatic rings. The molecule has 1 aliphatic rings. The summed E-state index contributed by atoms with van der Waals surface area (Å²) in [6, 6.07) is 3.47. The van der Waals surface area contributed by atoms with E-state index in [1.165, 1.54) is 6.42 Å². The van der Waals surface area contributed by atoms with E-state index in [0.717, 1.165) is 12.2 Å². The van der Waals surface area contributed by atoms with E-state index in [2.05, 4.69) is 24.1 Å². The minimum atomic E-state index is -0.0568. The molecule has 1 atom stereocenters. The maximum Gasteiger partial charge on any atom is 0.251 e. The number of carbonyl (C=O) groups is 1. The van der Waals surface area contributed by atoms with Gasteiger partial charge in [-0.05, 0) is 35.8 Å². The van der Waals surface area contributed by atoms with E-state index in [9.17, 15) is 4.79 Å². The molecule has 1 aliphatic carbocycles. The molecule has 1 fully saturated rings. The van der Waals surface area contributed by atoms with Crippen molar-refractivity contribution in [3.63, 3.8) is 0 Å². The van der Waals surface area contributed by atoms with E-state index in [1.807, 2.05) is 19.9 Å². The number of nitrogens with one attached hydrogen (secondary N) is 1. The summed E-state index contributed by atoms with van der Waals surface area (Å²) in [5, 5.41) is 2.99. The average molecular weight is 261 g/mol. The van der Waals surface area contributed by atoms with Crippen LogP contribution < -0.4 is 11.1 Å². The van der Waals surface area contributed by atoms with Gasteiger partial charge in [0.25, 0.3) is 5.91 Å². The number of amides is 1. The third kappa shape index (κ3) is 3.25. The molecule has 1 amide bonds. The molecule has 19 heavy (non-hydrogen) atoms. The Balaban J connectivity index is 2.02. The van der Waals surface area contributed by atoms with E-state index in [0.29, 0.717) is 22.7 Å². The summed E-state index contributed by atoms with van der Waals surface area (Å²) in [4.78, 5) is 16.4. The Labute approximate surface area is 114 Å². The fourth-order valence-electron chi connectivity index (χ4n) is 2.24. The molecule has 0 saturated heterocycles. The van der Waals surface area contributed by atoms with Crippen molar-refractivity contribution in [2.75, 3.05) is 12.3 Å². The number of pyridine rings is 1. The third-order valence-electron chi connectivity index (χ3n) is 3.95. The lowest BCUT2D eigenvalue weighted by Crippen LogP contribution is -2.27. The van der Waals surface area contributed by atoms with Crippen LogP contribution in [-0.2, 0) is 0 Å². The minimum absolute atomic E-state index is 0.0568. The molecule has 104 valence electrons. The van der Waals surface area contributed by atoms with Crippen LogP contribution in [0.5, 0.6) is 0 Å². The fraction of sp³-hybridized carbons (Fsp3) is 0.600. The molecule has 1 unspecified atom stereocenters. The lowest BCUT2D eigenvalue weighted by atomic mass is 10.1. The summed E-state index contributed by atoms with van der Waals surface area (Å²) in [5.41, 5.74) is 7.60. The Morgan fingerprint density at radius 1 is 1.53 bits per heavy atom. The van der Waals surface area contributed by atoms with Crippen LogP contribution in [0.15, 0.2) is 12.1 Å². The van der Waals surface area contributed by atoms with Crippen molar-refractivity contribution in [2.45, 2.75) is 40.0 Å². The van der Waals surface area contributed by atoms with Gasteiger partial charge in [-0.2, -0.15) is 0 Å². The van der Waals surface area contributed by atoms with Crippen LogP contribution >= 0.6 is 0 Å².